The van der Waals surface area contributed by atoms with E-state index in [1.807, 2.05) is 12.1 Å². The molecule has 5 rings (SSSR count). The lowest BCUT2D eigenvalue weighted by Crippen LogP contribution is -2.37. The summed E-state index contributed by atoms with van der Waals surface area (Å²) < 4.78 is 39.2. The summed E-state index contributed by atoms with van der Waals surface area (Å²) in [6, 6.07) is 11.3. The van der Waals surface area contributed by atoms with Gasteiger partial charge in [0.25, 0.3) is 0 Å². The van der Waals surface area contributed by atoms with E-state index >= 15 is 0 Å². The fourth-order valence-corrected chi connectivity index (χ4v) is 6.66. The molecule has 8 nitrogen and oxygen atoms in total. The summed E-state index contributed by atoms with van der Waals surface area (Å²) in [7, 11) is -3.55. The molecule has 3 heterocycles. The van der Waals surface area contributed by atoms with Crippen LogP contribution < -0.4 is 9.64 Å². The lowest BCUT2D eigenvalue weighted by molar-refractivity contribution is 0.0735. The number of ether oxygens (including phenoxy) is 2. The summed E-state index contributed by atoms with van der Waals surface area (Å²) in [6.07, 6.45) is 1.73. The van der Waals surface area contributed by atoms with Crippen LogP contribution in [0.15, 0.2) is 47.4 Å². The molecule has 0 radical (unpaired) electrons. The quantitative estimate of drug-likeness (QED) is 0.388. The van der Waals surface area contributed by atoms with Crippen molar-refractivity contribution in [3.05, 3.63) is 48.0 Å². The first-order valence-electron chi connectivity index (χ1n) is 11.5. The van der Waals surface area contributed by atoms with Crippen LogP contribution in [0.2, 0.25) is 0 Å². The summed E-state index contributed by atoms with van der Waals surface area (Å²) >= 11 is 1.56. The van der Waals surface area contributed by atoms with Gasteiger partial charge in [-0.2, -0.15) is 4.31 Å². The second-order valence-corrected chi connectivity index (χ2v) is 11.7. The van der Waals surface area contributed by atoms with Crippen LogP contribution in [0.3, 0.4) is 0 Å². The molecule has 2 saturated heterocycles. The predicted molar refractivity (Wildman–Crippen MR) is 131 cm³/mol. The Labute approximate surface area is 203 Å². The molecule has 0 N–H and O–H groups in total. The van der Waals surface area contributed by atoms with Gasteiger partial charge in [0.1, 0.15) is 5.75 Å². The van der Waals surface area contributed by atoms with Gasteiger partial charge in [-0.3, -0.25) is 0 Å². The molecule has 180 valence electrons. The number of sulfonamides is 1. The van der Waals surface area contributed by atoms with Crippen molar-refractivity contribution in [2.45, 2.75) is 24.7 Å². The molecule has 0 saturated carbocycles. The van der Waals surface area contributed by atoms with Crippen LogP contribution in [-0.2, 0) is 14.8 Å². The number of hydrogen-bond acceptors (Lipinski definition) is 8. The van der Waals surface area contributed by atoms with Crippen molar-refractivity contribution in [1.29, 1.82) is 0 Å². The molecular formula is C24H27N3O5S2. The molecule has 34 heavy (non-hydrogen) atoms. The molecule has 2 fully saturated rings. The highest BCUT2D eigenvalue weighted by Gasteiger charge is 2.28. The summed E-state index contributed by atoms with van der Waals surface area (Å²) in [5.41, 5.74) is 1.15. The van der Waals surface area contributed by atoms with Gasteiger partial charge in [-0.25, -0.2) is 18.2 Å². The van der Waals surface area contributed by atoms with Gasteiger partial charge in [0, 0.05) is 32.2 Å². The highest BCUT2D eigenvalue weighted by atomic mass is 32.2. The van der Waals surface area contributed by atoms with E-state index in [1.54, 1.807) is 17.4 Å². The lowest BCUT2D eigenvalue weighted by Gasteiger charge is -2.29. The average Bonchev–Trinajstić information content (AvgIpc) is 3.28. The van der Waals surface area contributed by atoms with Gasteiger partial charge in [-0.05, 0) is 55.2 Å². The maximum atomic E-state index is 12.9. The van der Waals surface area contributed by atoms with Gasteiger partial charge in [0.15, 0.2) is 5.13 Å². The number of benzene rings is 2. The Morgan fingerprint density at radius 2 is 1.76 bits per heavy atom. The van der Waals surface area contributed by atoms with E-state index in [-0.39, 0.29) is 4.90 Å². The maximum Gasteiger partial charge on any atom is 0.343 e. The smallest absolute Gasteiger partial charge is 0.343 e. The number of piperidine rings is 1. The molecular weight excluding hydrogens is 474 g/mol. The Bertz CT molecular complexity index is 1280. The highest BCUT2D eigenvalue weighted by Crippen LogP contribution is 2.32. The van der Waals surface area contributed by atoms with Crippen LogP contribution in [0.25, 0.3) is 10.2 Å². The monoisotopic (exact) mass is 501 g/mol. The number of anilines is 1. The van der Waals surface area contributed by atoms with Crippen molar-refractivity contribution in [1.82, 2.24) is 9.29 Å². The second kappa shape index (κ2) is 9.61. The molecule has 2 aliphatic rings. The van der Waals surface area contributed by atoms with Crippen molar-refractivity contribution in [2.24, 2.45) is 5.92 Å². The molecule has 10 heteroatoms. The first kappa shape index (κ1) is 23.2. The topological polar surface area (TPSA) is 89.0 Å². The number of rotatable bonds is 5. The average molecular weight is 502 g/mol. The summed E-state index contributed by atoms with van der Waals surface area (Å²) in [4.78, 5) is 19.8. The van der Waals surface area contributed by atoms with Gasteiger partial charge in [-0.1, -0.05) is 18.3 Å². The minimum atomic E-state index is -3.55. The van der Waals surface area contributed by atoms with Gasteiger partial charge >= 0.3 is 5.97 Å². The van der Waals surface area contributed by atoms with Crippen molar-refractivity contribution in [2.75, 3.05) is 44.3 Å². The number of carbonyl (C=O) groups is 1. The fraction of sp³-hybridized carbons (Fsp3) is 0.417. The Hall–Kier alpha value is -2.53. The fourth-order valence-electron chi connectivity index (χ4n) is 4.15. The third-order valence-corrected chi connectivity index (χ3v) is 9.30. The Morgan fingerprint density at radius 3 is 2.47 bits per heavy atom. The zero-order valence-electron chi connectivity index (χ0n) is 19.0. The van der Waals surface area contributed by atoms with Crippen LogP contribution in [-0.4, -0.2) is 63.1 Å². The summed E-state index contributed by atoms with van der Waals surface area (Å²) in [5, 5.41) is 0.932. The Balaban J connectivity index is 1.27. The highest BCUT2D eigenvalue weighted by molar-refractivity contribution is 7.89. The normalized spacial score (nSPS) is 18.3. The van der Waals surface area contributed by atoms with Crippen molar-refractivity contribution >= 4 is 42.7 Å². The van der Waals surface area contributed by atoms with E-state index in [0.29, 0.717) is 43.5 Å². The molecule has 3 aromatic rings. The third kappa shape index (κ3) is 4.81. The van der Waals surface area contributed by atoms with E-state index in [0.717, 1.165) is 41.3 Å². The van der Waals surface area contributed by atoms with Gasteiger partial charge < -0.3 is 14.4 Å². The van der Waals surface area contributed by atoms with E-state index in [1.165, 1.54) is 28.6 Å². The first-order chi connectivity index (χ1) is 16.4. The van der Waals surface area contributed by atoms with Crippen LogP contribution in [0.1, 0.15) is 30.1 Å². The number of aromatic nitrogens is 1. The molecule has 0 bridgehead atoms. The zero-order chi connectivity index (χ0) is 23.7. The SMILES string of the molecule is CC1CCN(S(=O)(=O)c2ccc(C(=O)Oc3ccc4nc(N5CCOCC5)sc4c3)cc2)CC1. The van der Waals surface area contributed by atoms with Gasteiger partial charge in [0.05, 0.1) is 33.9 Å². The van der Waals surface area contributed by atoms with E-state index < -0.39 is 16.0 Å². The molecule has 0 aliphatic carbocycles. The summed E-state index contributed by atoms with van der Waals surface area (Å²) in [6.45, 7) is 6.20. The zero-order valence-corrected chi connectivity index (χ0v) is 20.6. The minimum Gasteiger partial charge on any atom is -0.423 e. The van der Waals surface area contributed by atoms with Crippen molar-refractivity contribution in [3.8, 4) is 5.75 Å². The van der Waals surface area contributed by atoms with E-state index in [2.05, 4.69) is 16.8 Å². The second-order valence-electron chi connectivity index (χ2n) is 8.73. The van der Waals surface area contributed by atoms with Crippen LogP contribution in [0.5, 0.6) is 5.75 Å². The molecule has 2 aliphatic heterocycles. The molecule has 2 aromatic carbocycles. The molecule has 0 amide bonds. The van der Waals surface area contributed by atoms with Crippen LogP contribution in [0.4, 0.5) is 5.13 Å². The third-order valence-electron chi connectivity index (χ3n) is 6.31. The molecule has 1 aromatic heterocycles. The Kier molecular flexibility index (Phi) is 6.57. The van der Waals surface area contributed by atoms with Crippen molar-refractivity contribution in [3.63, 3.8) is 0 Å². The van der Waals surface area contributed by atoms with E-state index in [4.69, 9.17) is 9.47 Å². The lowest BCUT2D eigenvalue weighted by atomic mass is 10.0. The van der Waals surface area contributed by atoms with Crippen molar-refractivity contribution < 1.29 is 22.7 Å². The predicted octanol–water partition coefficient (Wildman–Crippen LogP) is 3.77. The van der Waals surface area contributed by atoms with Gasteiger partial charge in [0.2, 0.25) is 10.0 Å². The van der Waals surface area contributed by atoms with Gasteiger partial charge in [-0.15, -0.1) is 0 Å². The largest absolute Gasteiger partial charge is 0.423 e. The summed E-state index contributed by atoms with van der Waals surface area (Å²) in [5.74, 6) is 0.431. The minimum absolute atomic E-state index is 0.195. The molecule has 0 spiro atoms. The van der Waals surface area contributed by atoms with Crippen LogP contribution in [0, 0.1) is 5.92 Å². The maximum absolute atomic E-state index is 12.9. The number of carbonyl (C=O) groups excluding carboxylic acids is 1. The van der Waals surface area contributed by atoms with E-state index in [9.17, 15) is 13.2 Å². The number of hydrogen-bond donors (Lipinski definition) is 0. The van der Waals surface area contributed by atoms with Crippen LogP contribution >= 0.6 is 11.3 Å². The number of nitrogens with zero attached hydrogens (tertiary/aromatic N) is 3. The Morgan fingerprint density at radius 1 is 1.06 bits per heavy atom. The number of morpholine rings is 1. The molecule has 0 unspecified atom stereocenters. The number of thiazole rings is 1. The number of fused-ring (bicyclic) bond motifs is 1. The standard InChI is InChI=1S/C24H27N3O5S2/c1-17-8-10-27(11-9-17)34(29,30)20-5-2-18(3-6-20)23(28)32-19-4-7-21-22(16-19)33-24(25-21)26-12-14-31-15-13-26/h2-7,16-17H,8-15H2,1H3. The first-order valence-corrected chi connectivity index (χ1v) is 13.7. The molecule has 0 atom stereocenters. The number of esters is 1.